The van der Waals surface area contributed by atoms with E-state index in [1.165, 1.54) is 0 Å². The third-order valence-electron chi connectivity index (χ3n) is 2.48. The van der Waals surface area contributed by atoms with Crippen LogP contribution < -0.4 is 10.5 Å². The van der Waals surface area contributed by atoms with Gasteiger partial charge in [0.05, 0.1) is 17.6 Å². The Hall–Kier alpha value is -0.550. The van der Waals surface area contributed by atoms with Crippen LogP contribution in [0.1, 0.15) is 17.2 Å². The van der Waals surface area contributed by atoms with E-state index in [9.17, 15) is 0 Å². The third kappa shape index (κ3) is 2.65. The highest BCUT2D eigenvalue weighted by Crippen LogP contribution is 2.37. The molecule has 1 aromatic carbocycles. The number of hydrogen-bond donors (Lipinski definition) is 1. The Morgan fingerprint density at radius 1 is 1.47 bits per heavy atom. The lowest BCUT2D eigenvalue weighted by atomic mass is 10.0. The van der Waals surface area contributed by atoms with Crippen LogP contribution in [-0.2, 0) is 0 Å². The summed E-state index contributed by atoms with van der Waals surface area (Å²) in [5.41, 5.74) is 8.16. The summed E-state index contributed by atoms with van der Waals surface area (Å²) in [4.78, 5) is 0. The van der Waals surface area contributed by atoms with Crippen molar-refractivity contribution in [3.63, 3.8) is 0 Å². The summed E-state index contributed by atoms with van der Waals surface area (Å²) < 4.78 is 6.18. The highest BCUT2D eigenvalue weighted by atomic mass is 79.9. The van der Waals surface area contributed by atoms with Crippen molar-refractivity contribution in [1.82, 2.24) is 0 Å². The van der Waals surface area contributed by atoms with Crippen molar-refractivity contribution < 1.29 is 4.74 Å². The van der Waals surface area contributed by atoms with Crippen LogP contribution in [0.15, 0.2) is 33.4 Å². The molecule has 0 radical (unpaired) electrons. The van der Waals surface area contributed by atoms with Crippen LogP contribution in [0.5, 0.6) is 5.75 Å². The zero-order valence-corrected chi connectivity index (χ0v) is 12.3. The molecular formula is C12H11BrClNOS. The average Bonchev–Trinajstić information content (AvgIpc) is 2.80. The van der Waals surface area contributed by atoms with Gasteiger partial charge in [0.25, 0.3) is 0 Å². The highest BCUT2D eigenvalue weighted by molar-refractivity contribution is 9.10. The Kier molecular flexibility index (Phi) is 4.09. The van der Waals surface area contributed by atoms with Crippen LogP contribution in [0.3, 0.4) is 0 Å². The summed E-state index contributed by atoms with van der Waals surface area (Å²) in [7, 11) is 1.62. The minimum Gasteiger partial charge on any atom is -0.495 e. The van der Waals surface area contributed by atoms with Gasteiger partial charge in [-0.25, -0.2) is 0 Å². The quantitative estimate of drug-likeness (QED) is 0.913. The van der Waals surface area contributed by atoms with E-state index in [1.807, 2.05) is 22.9 Å². The smallest absolute Gasteiger partial charge is 0.138 e. The van der Waals surface area contributed by atoms with Crippen molar-refractivity contribution in [2.24, 2.45) is 5.73 Å². The molecule has 0 fully saturated rings. The summed E-state index contributed by atoms with van der Waals surface area (Å²) in [6, 6.07) is 5.41. The number of hydrogen-bond acceptors (Lipinski definition) is 3. The maximum atomic E-state index is 6.22. The van der Waals surface area contributed by atoms with Crippen LogP contribution in [0.4, 0.5) is 0 Å². The molecule has 17 heavy (non-hydrogen) atoms. The molecular weight excluding hydrogens is 322 g/mol. The molecule has 2 N–H and O–H groups in total. The molecule has 1 heterocycles. The Bertz CT molecular complexity index is 515. The molecule has 0 bridgehead atoms. The van der Waals surface area contributed by atoms with Crippen molar-refractivity contribution in [1.29, 1.82) is 0 Å². The first-order valence-corrected chi connectivity index (χ1v) is 7.05. The number of benzene rings is 1. The maximum Gasteiger partial charge on any atom is 0.138 e. The molecule has 0 saturated heterocycles. The SMILES string of the molecule is COc1c(Br)cc(Cl)cc1C(N)c1ccsc1. The van der Waals surface area contributed by atoms with Crippen molar-refractivity contribution in [2.45, 2.75) is 6.04 Å². The van der Waals surface area contributed by atoms with Crippen LogP contribution in [0.2, 0.25) is 5.02 Å². The van der Waals surface area contributed by atoms with Gasteiger partial charge in [-0.3, -0.25) is 0 Å². The molecule has 5 heteroatoms. The summed E-state index contributed by atoms with van der Waals surface area (Å²) in [5.74, 6) is 0.730. The molecule has 1 unspecified atom stereocenters. The molecule has 2 rings (SSSR count). The molecule has 0 spiro atoms. The van der Waals surface area contributed by atoms with Crippen molar-refractivity contribution in [3.05, 3.63) is 49.6 Å². The van der Waals surface area contributed by atoms with Gasteiger partial charge in [0, 0.05) is 10.6 Å². The minimum absolute atomic E-state index is 0.230. The molecule has 1 atom stereocenters. The van der Waals surface area contributed by atoms with E-state index < -0.39 is 0 Å². The number of methoxy groups -OCH3 is 1. The fourth-order valence-electron chi connectivity index (χ4n) is 1.66. The van der Waals surface area contributed by atoms with E-state index in [-0.39, 0.29) is 6.04 Å². The van der Waals surface area contributed by atoms with Gasteiger partial charge in [-0.15, -0.1) is 0 Å². The Labute approximate surface area is 117 Å². The topological polar surface area (TPSA) is 35.2 Å². The number of halogens is 2. The summed E-state index contributed by atoms with van der Waals surface area (Å²) in [5, 5.41) is 4.67. The van der Waals surface area contributed by atoms with Gasteiger partial charge < -0.3 is 10.5 Å². The monoisotopic (exact) mass is 331 g/mol. The third-order valence-corrected chi connectivity index (χ3v) is 3.99. The van der Waals surface area contributed by atoms with Gasteiger partial charge in [0.2, 0.25) is 0 Å². The van der Waals surface area contributed by atoms with Crippen LogP contribution in [-0.4, -0.2) is 7.11 Å². The van der Waals surface area contributed by atoms with E-state index in [0.717, 1.165) is 21.3 Å². The lowest BCUT2D eigenvalue weighted by Crippen LogP contribution is -2.12. The predicted molar refractivity (Wildman–Crippen MR) is 76.1 cm³/mol. The van der Waals surface area contributed by atoms with Gasteiger partial charge in [-0.2, -0.15) is 11.3 Å². The predicted octanol–water partition coefficient (Wildman–Crippen LogP) is 4.22. The van der Waals surface area contributed by atoms with Gasteiger partial charge in [-0.1, -0.05) is 11.6 Å². The first-order chi connectivity index (χ1) is 8.13. The Morgan fingerprint density at radius 2 is 2.24 bits per heavy atom. The Balaban J connectivity index is 2.50. The molecule has 2 aromatic rings. The Morgan fingerprint density at radius 3 is 2.82 bits per heavy atom. The first-order valence-electron chi connectivity index (χ1n) is 4.94. The molecule has 1 aromatic heterocycles. The molecule has 0 aliphatic carbocycles. The summed E-state index contributed by atoms with van der Waals surface area (Å²) in [6.07, 6.45) is 0. The number of thiophene rings is 1. The zero-order chi connectivity index (χ0) is 12.4. The van der Waals surface area contributed by atoms with E-state index in [2.05, 4.69) is 15.9 Å². The molecule has 0 aliphatic heterocycles. The molecule has 0 amide bonds. The lowest BCUT2D eigenvalue weighted by Gasteiger charge is -2.16. The van der Waals surface area contributed by atoms with Gasteiger partial charge in [-0.05, 0) is 50.5 Å². The first kappa shape index (κ1) is 12.9. The van der Waals surface area contributed by atoms with E-state index >= 15 is 0 Å². The van der Waals surface area contributed by atoms with Crippen LogP contribution >= 0.6 is 38.9 Å². The molecule has 90 valence electrons. The van der Waals surface area contributed by atoms with E-state index in [1.54, 1.807) is 24.5 Å². The fraction of sp³-hybridized carbons (Fsp3) is 0.167. The largest absolute Gasteiger partial charge is 0.495 e. The normalized spacial score (nSPS) is 12.5. The summed E-state index contributed by atoms with van der Waals surface area (Å²) in [6.45, 7) is 0. The highest BCUT2D eigenvalue weighted by Gasteiger charge is 2.17. The van der Waals surface area contributed by atoms with Gasteiger partial charge in [0.1, 0.15) is 5.75 Å². The van der Waals surface area contributed by atoms with Gasteiger partial charge in [0.15, 0.2) is 0 Å². The fourth-order valence-corrected chi connectivity index (χ4v) is 3.35. The number of ether oxygens (including phenoxy) is 1. The number of rotatable bonds is 3. The molecule has 2 nitrogen and oxygen atoms in total. The van der Waals surface area contributed by atoms with Crippen molar-refractivity contribution in [2.75, 3.05) is 7.11 Å². The summed E-state index contributed by atoms with van der Waals surface area (Å²) >= 11 is 11.1. The maximum absolute atomic E-state index is 6.22. The second-order valence-corrected chi connectivity index (χ2v) is 5.62. The van der Waals surface area contributed by atoms with Crippen molar-refractivity contribution >= 4 is 38.9 Å². The molecule has 0 aliphatic rings. The van der Waals surface area contributed by atoms with Crippen LogP contribution in [0.25, 0.3) is 0 Å². The van der Waals surface area contributed by atoms with Crippen LogP contribution in [0, 0.1) is 0 Å². The second-order valence-electron chi connectivity index (χ2n) is 3.54. The molecule has 0 saturated carbocycles. The number of nitrogens with two attached hydrogens (primary N) is 1. The van der Waals surface area contributed by atoms with Gasteiger partial charge >= 0.3 is 0 Å². The van der Waals surface area contributed by atoms with E-state index in [4.69, 9.17) is 22.1 Å². The zero-order valence-electron chi connectivity index (χ0n) is 9.11. The van der Waals surface area contributed by atoms with E-state index in [0.29, 0.717) is 5.02 Å². The second kappa shape index (κ2) is 5.40. The standard InChI is InChI=1S/C12H11BrClNOS/c1-16-12-9(4-8(14)5-10(12)13)11(15)7-2-3-17-6-7/h2-6,11H,15H2,1H3. The lowest BCUT2D eigenvalue weighted by molar-refractivity contribution is 0.405. The minimum atomic E-state index is -0.230. The van der Waals surface area contributed by atoms with Crippen molar-refractivity contribution in [3.8, 4) is 5.75 Å². The average molecular weight is 333 g/mol.